The van der Waals surface area contributed by atoms with Crippen molar-refractivity contribution in [1.82, 2.24) is 5.32 Å². The van der Waals surface area contributed by atoms with Gasteiger partial charge in [0, 0.05) is 0 Å². The van der Waals surface area contributed by atoms with Crippen molar-refractivity contribution in [3.63, 3.8) is 0 Å². The van der Waals surface area contributed by atoms with Crippen LogP contribution in [0.5, 0.6) is 0 Å². The van der Waals surface area contributed by atoms with Gasteiger partial charge in [-0.1, -0.05) is 77.0 Å². The molecule has 1 N–H and O–H groups in total. The van der Waals surface area contributed by atoms with E-state index in [0.717, 1.165) is 52.4 Å². The summed E-state index contributed by atoms with van der Waals surface area (Å²) >= 11 is 0. The van der Waals surface area contributed by atoms with Gasteiger partial charge in [0.1, 0.15) is 0 Å². The second-order valence-corrected chi connectivity index (χ2v) is 8.63. The summed E-state index contributed by atoms with van der Waals surface area (Å²) in [6, 6.07) is 2.12. The molecule has 0 aromatic heterocycles. The average molecular weight is 503 g/mol. The fraction of sp³-hybridized carbons (Fsp3) is 0.913. The number of hydrogen-bond acceptors (Lipinski definition) is 1. The molecule has 0 radical (unpaired) electrons. The molecular formula is C23H41N6Ru-3. The summed E-state index contributed by atoms with van der Waals surface area (Å²) < 4.78 is 0. The van der Waals surface area contributed by atoms with Crippen molar-refractivity contribution >= 4 is 0 Å². The predicted molar refractivity (Wildman–Crippen MR) is 124 cm³/mol. The van der Waals surface area contributed by atoms with Gasteiger partial charge in [0.05, 0.1) is 0 Å². The van der Waals surface area contributed by atoms with Gasteiger partial charge in [-0.25, -0.2) is 0 Å². The van der Waals surface area contributed by atoms with Gasteiger partial charge in [-0.3, -0.25) is 0 Å². The van der Waals surface area contributed by atoms with E-state index in [9.17, 15) is 0 Å². The first kappa shape index (κ1) is 26.4. The van der Waals surface area contributed by atoms with Crippen molar-refractivity contribution in [2.24, 2.45) is 0 Å². The molecule has 174 valence electrons. The molecule has 0 saturated carbocycles. The molecule has 0 aromatic carbocycles. The van der Waals surface area contributed by atoms with Crippen LogP contribution in [0.25, 0.3) is 26.6 Å². The molecule has 0 spiro atoms. The van der Waals surface area contributed by atoms with E-state index < -0.39 is 0 Å². The molecule has 0 aliphatic carbocycles. The Bertz CT molecular complexity index is 404. The Morgan fingerprint density at radius 3 is 1.60 bits per heavy atom. The minimum Gasteiger partial charge on any atom is -0.661 e. The molecule has 0 amide bonds. The summed E-state index contributed by atoms with van der Waals surface area (Å²) in [6.07, 6.45) is 17.5. The Hall–Kier alpha value is 0.123. The number of rotatable bonds is 2. The minimum atomic E-state index is 0. The zero-order chi connectivity index (χ0) is 20.0. The zero-order valence-electron chi connectivity index (χ0n) is 18.6. The van der Waals surface area contributed by atoms with E-state index in [-0.39, 0.29) is 19.5 Å². The van der Waals surface area contributed by atoms with Crippen LogP contribution in [0.2, 0.25) is 0 Å². The third-order valence-corrected chi connectivity index (χ3v) is 6.29. The Balaban J connectivity index is 0.000000170. The molecular weight excluding hydrogens is 461 g/mol. The van der Waals surface area contributed by atoms with Gasteiger partial charge in [0.15, 0.2) is 0 Å². The Kier molecular flexibility index (Phi) is 14.7. The molecule has 4 unspecified atom stereocenters. The Labute approximate surface area is 197 Å². The van der Waals surface area contributed by atoms with Gasteiger partial charge in [0.25, 0.3) is 0 Å². The van der Waals surface area contributed by atoms with Crippen molar-refractivity contribution in [2.45, 2.75) is 88.4 Å². The molecule has 5 rings (SSSR count). The van der Waals surface area contributed by atoms with Crippen molar-refractivity contribution in [3.8, 4) is 0 Å². The molecule has 30 heavy (non-hydrogen) atoms. The normalized spacial score (nSPS) is 33.9. The third kappa shape index (κ3) is 10.2. The molecule has 0 aromatic rings. The van der Waals surface area contributed by atoms with Gasteiger partial charge < -0.3 is 31.9 Å². The molecule has 4 atom stereocenters. The standard InChI is InChI=1S/C10H18N2.C10H16N2.C3H7N2.Ru/c2*1-3-7-11-9(5-1)10-6-2-4-8-12-10;1-2-5-3-4-1;/h9-10H,1-8H2;1,5,9-10H,2-4,6-8H2;4H,1-3H2;/q2*-2;-1;+2. The Morgan fingerprint density at radius 2 is 1.23 bits per heavy atom. The van der Waals surface area contributed by atoms with E-state index in [1.54, 1.807) is 0 Å². The zero-order valence-corrected chi connectivity index (χ0v) is 20.3. The van der Waals surface area contributed by atoms with E-state index in [4.69, 9.17) is 0 Å². The second-order valence-electron chi connectivity index (χ2n) is 8.63. The topological polar surface area (TPSA) is 82.5 Å². The summed E-state index contributed by atoms with van der Waals surface area (Å²) in [6.45, 7) is 7.23. The minimum absolute atomic E-state index is 0. The van der Waals surface area contributed by atoms with Gasteiger partial charge in [-0.2, -0.15) is 12.1 Å². The largest absolute Gasteiger partial charge is 2.00 e. The number of piperidine rings is 3. The number of hydrogen-bond donors (Lipinski definition) is 1. The van der Waals surface area contributed by atoms with Crippen LogP contribution < -0.4 is 5.32 Å². The molecule has 5 heterocycles. The Morgan fingerprint density at radius 1 is 0.633 bits per heavy atom. The van der Waals surface area contributed by atoms with Crippen LogP contribution in [0.15, 0.2) is 12.2 Å². The fourth-order valence-electron chi connectivity index (χ4n) is 4.59. The molecule has 0 bridgehead atoms. The first-order chi connectivity index (χ1) is 14.4. The van der Waals surface area contributed by atoms with Crippen LogP contribution in [-0.4, -0.2) is 70.1 Å². The summed E-state index contributed by atoms with van der Waals surface area (Å²) in [5, 5.41) is 25.5. The van der Waals surface area contributed by atoms with E-state index in [1.807, 2.05) is 0 Å². The first-order valence-electron chi connectivity index (χ1n) is 12.1. The van der Waals surface area contributed by atoms with E-state index >= 15 is 0 Å². The van der Waals surface area contributed by atoms with Gasteiger partial charge in [-0.15, -0.1) is 50.9 Å². The van der Waals surface area contributed by atoms with Crippen molar-refractivity contribution < 1.29 is 19.5 Å². The smallest absolute Gasteiger partial charge is 0.661 e. The first-order valence-corrected chi connectivity index (χ1v) is 12.1. The predicted octanol–water partition coefficient (Wildman–Crippen LogP) is 5.37. The van der Waals surface area contributed by atoms with E-state index in [0.29, 0.717) is 24.2 Å². The van der Waals surface area contributed by atoms with E-state index in [2.05, 4.69) is 44.1 Å². The van der Waals surface area contributed by atoms with Gasteiger partial charge >= 0.3 is 19.5 Å². The van der Waals surface area contributed by atoms with Crippen molar-refractivity contribution in [3.05, 3.63) is 38.7 Å². The van der Waals surface area contributed by atoms with Crippen molar-refractivity contribution in [2.75, 3.05) is 45.9 Å². The quantitative estimate of drug-likeness (QED) is 0.400. The van der Waals surface area contributed by atoms with Crippen molar-refractivity contribution in [1.29, 1.82) is 0 Å². The summed E-state index contributed by atoms with van der Waals surface area (Å²) in [5.74, 6) is 0. The summed E-state index contributed by atoms with van der Waals surface area (Å²) in [4.78, 5) is 0. The van der Waals surface area contributed by atoms with Crippen LogP contribution in [-0.2, 0) is 19.5 Å². The maximum atomic E-state index is 4.66. The molecule has 6 nitrogen and oxygen atoms in total. The van der Waals surface area contributed by atoms with Crippen LogP contribution in [0, 0.1) is 0 Å². The molecule has 4 saturated heterocycles. The average Bonchev–Trinajstić information content (AvgIpc) is 3.42. The SMILES string of the molecule is C1=CC(C2CCCC[N-]2)[N-]CC1.C1CCC(C2CCCC[N-]2)[N-]C1.C1CNC[N-]1.[Ru+2]. The fourth-order valence-corrected chi connectivity index (χ4v) is 4.59. The maximum Gasteiger partial charge on any atom is 2.00 e. The molecule has 5 aliphatic heterocycles. The van der Waals surface area contributed by atoms with Crippen LogP contribution in [0.4, 0.5) is 0 Å². The van der Waals surface area contributed by atoms with Crippen LogP contribution in [0.1, 0.15) is 64.2 Å². The summed E-state index contributed by atoms with van der Waals surface area (Å²) in [7, 11) is 0. The summed E-state index contributed by atoms with van der Waals surface area (Å²) in [5.41, 5.74) is 0. The number of nitrogens with one attached hydrogen (secondary N) is 1. The number of nitrogens with zero attached hydrogens (tertiary/aromatic N) is 5. The third-order valence-electron chi connectivity index (χ3n) is 6.29. The monoisotopic (exact) mass is 503 g/mol. The van der Waals surface area contributed by atoms with Gasteiger partial charge in [0.2, 0.25) is 0 Å². The van der Waals surface area contributed by atoms with E-state index in [1.165, 1.54) is 57.8 Å². The molecule has 5 aliphatic rings. The van der Waals surface area contributed by atoms with Crippen LogP contribution >= 0.6 is 0 Å². The van der Waals surface area contributed by atoms with Crippen LogP contribution in [0.3, 0.4) is 0 Å². The second kappa shape index (κ2) is 16.7. The van der Waals surface area contributed by atoms with Gasteiger partial charge in [-0.05, 0) is 6.54 Å². The molecule has 7 heteroatoms. The molecule has 4 fully saturated rings. The maximum absolute atomic E-state index is 4.66.